The van der Waals surface area contributed by atoms with Crippen LogP contribution in [0.15, 0.2) is 36.5 Å². The Kier molecular flexibility index (Phi) is 68.0. The third kappa shape index (κ3) is 76.2. The Labute approximate surface area is 398 Å². The van der Waals surface area contributed by atoms with Crippen LogP contribution in [0.1, 0.15) is 290 Å². The molecule has 0 saturated heterocycles. The molecule has 0 amide bonds. The van der Waals surface area contributed by atoms with Crippen molar-refractivity contribution >= 4 is 43.8 Å². The summed E-state index contributed by atoms with van der Waals surface area (Å²) in [5.41, 5.74) is 0. The van der Waals surface area contributed by atoms with E-state index < -0.39 is 17.9 Å². The topological polar surface area (TPSA) is 120 Å². The summed E-state index contributed by atoms with van der Waals surface area (Å²) < 4.78 is 0. The second-order valence-corrected chi connectivity index (χ2v) is 17.1. The fraction of sp³-hybridized carbons (Fsp3) is 0.833. The van der Waals surface area contributed by atoms with Crippen molar-refractivity contribution in [3.8, 4) is 0 Å². The van der Waals surface area contributed by atoms with Gasteiger partial charge < -0.3 is 29.7 Å². The standard InChI is InChI=1S/3C18H34O2.In/c3*1-2-3-4-5-6-7-8-9-10-11-12-13-14-15-16-17-18(19)20;/h3*9-10H,2-8,11-17H2,1H3,(H,19,20);/q;;;+3/p-3/b3*10-9-;. The van der Waals surface area contributed by atoms with E-state index in [0.717, 1.165) is 57.8 Å². The van der Waals surface area contributed by atoms with Gasteiger partial charge >= 0.3 is 25.8 Å². The van der Waals surface area contributed by atoms with Gasteiger partial charge in [-0.3, -0.25) is 0 Å². The van der Waals surface area contributed by atoms with Gasteiger partial charge in [-0.15, -0.1) is 0 Å². The molecule has 61 heavy (non-hydrogen) atoms. The van der Waals surface area contributed by atoms with Crippen LogP contribution in [0.2, 0.25) is 0 Å². The van der Waals surface area contributed by atoms with Gasteiger partial charge in [0, 0.05) is 17.9 Å². The first-order valence-electron chi connectivity index (χ1n) is 25.9. The number of hydrogen-bond donors (Lipinski definition) is 0. The van der Waals surface area contributed by atoms with E-state index in [-0.39, 0.29) is 45.1 Å². The molecule has 0 N–H and O–H groups in total. The van der Waals surface area contributed by atoms with Crippen LogP contribution in [-0.4, -0.2) is 43.8 Å². The van der Waals surface area contributed by atoms with E-state index in [9.17, 15) is 29.7 Å². The monoisotopic (exact) mass is 959 g/mol. The molecule has 0 aliphatic rings. The Morgan fingerprint density at radius 2 is 0.410 bits per heavy atom. The molecule has 0 bridgehead atoms. The first-order valence-corrected chi connectivity index (χ1v) is 25.9. The van der Waals surface area contributed by atoms with Crippen molar-refractivity contribution in [1.29, 1.82) is 0 Å². The Balaban J connectivity index is -0.000000396. The van der Waals surface area contributed by atoms with Gasteiger partial charge in [-0.25, -0.2) is 0 Å². The number of carboxylic acid groups (broad SMARTS) is 3. The zero-order chi connectivity index (χ0) is 44.7. The third-order valence-electron chi connectivity index (χ3n) is 10.9. The fourth-order valence-electron chi connectivity index (χ4n) is 7.02. The second-order valence-electron chi connectivity index (χ2n) is 17.1. The Morgan fingerprint density at radius 1 is 0.262 bits per heavy atom. The van der Waals surface area contributed by atoms with Crippen molar-refractivity contribution in [1.82, 2.24) is 0 Å². The maximum absolute atomic E-state index is 10.2. The van der Waals surface area contributed by atoms with Crippen LogP contribution in [0.3, 0.4) is 0 Å². The zero-order valence-corrected chi connectivity index (χ0v) is 44.0. The Morgan fingerprint density at radius 3 is 0.574 bits per heavy atom. The van der Waals surface area contributed by atoms with Crippen LogP contribution < -0.4 is 15.3 Å². The minimum Gasteiger partial charge on any atom is -0.550 e. The van der Waals surface area contributed by atoms with E-state index in [4.69, 9.17) is 0 Å². The number of carbonyl (C=O) groups is 3. The van der Waals surface area contributed by atoms with E-state index in [0.29, 0.717) is 0 Å². The molecule has 0 aliphatic carbocycles. The first kappa shape index (κ1) is 66.1. The van der Waals surface area contributed by atoms with Crippen molar-refractivity contribution < 1.29 is 29.7 Å². The summed E-state index contributed by atoms with van der Waals surface area (Å²) in [4.78, 5) is 30.6. The molecule has 0 atom stereocenters. The number of hydrogen-bond acceptors (Lipinski definition) is 6. The molecule has 354 valence electrons. The minimum atomic E-state index is -0.914. The summed E-state index contributed by atoms with van der Waals surface area (Å²) in [7, 11) is 0. The van der Waals surface area contributed by atoms with Gasteiger partial charge in [-0.2, -0.15) is 0 Å². The van der Waals surface area contributed by atoms with E-state index in [2.05, 4.69) is 57.2 Å². The average Bonchev–Trinajstić information content (AvgIpc) is 3.22. The van der Waals surface area contributed by atoms with Gasteiger partial charge in [0.1, 0.15) is 0 Å². The normalized spacial score (nSPS) is 11.1. The number of aliphatic carboxylic acids is 3. The number of unbranched alkanes of at least 4 members (excludes halogenated alkanes) is 33. The average molecular weight is 959 g/mol. The van der Waals surface area contributed by atoms with Gasteiger partial charge in [0.25, 0.3) is 0 Å². The van der Waals surface area contributed by atoms with Crippen molar-refractivity contribution in [3.05, 3.63) is 36.5 Å². The molecule has 0 rings (SSSR count). The molecule has 0 spiro atoms. The van der Waals surface area contributed by atoms with Gasteiger partial charge in [0.05, 0.1) is 0 Å². The maximum Gasteiger partial charge on any atom is 3.00 e. The minimum absolute atomic E-state index is 0. The van der Waals surface area contributed by atoms with Crippen LogP contribution in [0.25, 0.3) is 0 Å². The smallest absolute Gasteiger partial charge is 0.550 e. The predicted octanol–water partition coefficient (Wildman–Crippen LogP) is 13.9. The summed E-state index contributed by atoms with van der Waals surface area (Å²) in [6, 6.07) is 0. The molecule has 0 radical (unpaired) electrons. The number of allylic oxidation sites excluding steroid dienone is 6. The van der Waals surface area contributed by atoms with Crippen LogP contribution in [-0.2, 0) is 14.4 Å². The summed E-state index contributed by atoms with van der Waals surface area (Å²) in [5, 5.41) is 30.6. The van der Waals surface area contributed by atoms with Crippen molar-refractivity contribution in [2.24, 2.45) is 0 Å². The number of carbonyl (C=O) groups excluding carboxylic acids is 3. The molecule has 0 aromatic carbocycles. The summed E-state index contributed by atoms with van der Waals surface area (Å²) in [6.45, 7) is 6.77. The summed E-state index contributed by atoms with van der Waals surface area (Å²) >= 11 is 0. The van der Waals surface area contributed by atoms with Gasteiger partial charge in [-0.1, -0.05) is 211 Å². The van der Waals surface area contributed by atoms with Crippen LogP contribution in [0.5, 0.6) is 0 Å². The molecule has 0 aromatic heterocycles. The summed E-state index contributed by atoms with van der Waals surface area (Å²) in [6.07, 6.45) is 62.7. The summed E-state index contributed by atoms with van der Waals surface area (Å²) in [5.74, 6) is -2.74. The molecular weight excluding hydrogens is 859 g/mol. The quantitative estimate of drug-likeness (QED) is 0.0443. The molecular formula is C54H99InO6. The second kappa shape index (κ2) is 62.8. The Bertz CT molecular complexity index is 827. The number of rotatable bonds is 45. The zero-order valence-electron chi connectivity index (χ0n) is 40.7. The molecule has 0 aromatic rings. The van der Waals surface area contributed by atoms with Gasteiger partial charge in [-0.05, 0) is 116 Å². The largest absolute Gasteiger partial charge is 3.00 e. The molecule has 0 heterocycles. The van der Waals surface area contributed by atoms with Crippen LogP contribution in [0.4, 0.5) is 0 Å². The molecule has 0 fully saturated rings. The van der Waals surface area contributed by atoms with E-state index in [1.165, 1.54) is 193 Å². The molecule has 0 saturated carbocycles. The Hall–Kier alpha value is -1.50. The maximum atomic E-state index is 10.2. The molecule has 0 unspecified atom stereocenters. The van der Waals surface area contributed by atoms with Gasteiger partial charge in [0.2, 0.25) is 0 Å². The van der Waals surface area contributed by atoms with Gasteiger partial charge in [0.15, 0.2) is 0 Å². The van der Waals surface area contributed by atoms with Crippen LogP contribution >= 0.6 is 0 Å². The third-order valence-corrected chi connectivity index (χ3v) is 10.9. The van der Waals surface area contributed by atoms with Crippen molar-refractivity contribution in [3.63, 3.8) is 0 Å². The van der Waals surface area contributed by atoms with E-state index in [1.54, 1.807) is 0 Å². The molecule has 6 nitrogen and oxygen atoms in total. The number of carboxylic acids is 3. The van der Waals surface area contributed by atoms with Crippen LogP contribution in [0, 0.1) is 0 Å². The fourth-order valence-corrected chi connectivity index (χ4v) is 7.02. The van der Waals surface area contributed by atoms with E-state index in [1.807, 2.05) is 0 Å². The molecule has 0 aliphatic heterocycles. The van der Waals surface area contributed by atoms with Crippen molar-refractivity contribution in [2.75, 3.05) is 0 Å². The first-order chi connectivity index (χ1) is 29.3. The molecule has 7 heteroatoms. The van der Waals surface area contributed by atoms with Crippen molar-refractivity contribution in [2.45, 2.75) is 290 Å². The SMILES string of the molecule is CCCCCCCC/C=C\CCCCCCCC(=O)[O-].CCCCCCCC/C=C\CCCCCCCC(=O)[O-].CCCCCCCC/C=C\CCCCCCCC(=O)[O-].[In+3]. The predicted molar refractivity (Wildman–Crippen MR) is 259 cm³/mol. The van der Waals surface area contributed by atoms with E-state index >= 15 is 0 Å².